The van der Waals surface area contributed by atoms with Gasteiger partial charge in [0.25, 0.3) is 0 Å². The average molecular weight is 332 g/mol. The van der Waals surface area contributed by atoms with Gasteiger partial charge in [0.05, 0.1) is 12.1 Å². The Hall–Kier alpha value is -2.39. The van der Waals surface area contributed by atoms with Crippen molar-refractivity contribution >= 4 is 0 Å². The highest BCUT2D eigenvalue weighted by Crippen LogP contribution is 2.34. The molecular weight excluding hydrogens is 308 g/mol. The number of aliphatic hydroxyl groups is 1. The minimum Gasteiger partial charge on any atom is -0.391 e. The van der Waals surface area contributed by atoms with Crippen molar-refractivity contribution in [1.82, 2.24) is 9.78 Å². The van der Waals surface area contributed by atoms with E-state index in [0.717, 1.165) is 48.1 Å². The standard InChI is InChI=1S/C22H24N2O/c25-21-15-9-3-8-14-20(21)24-16-19(17-10-4-1-5-11-17)22(23-24)18-12-6-2-7-13-18/h1-2,4-7,10-13,16,20-21,25H,3,8-9,14-15H2/t20-,21+/m1/s1. The predicted octanol–water partition coefficient (Wildman–Crippen LogP) is 5.08. The Balaban J connectivity index is 1.81. The molecule has 2 atom stereocenters. The van der Waals surface area contributed by atoms with Crippen LogP contribution in [-0.4, -0.2) is 21.0 Å². The van der Waals surface area contributed by atoms with E-state index in [9.17, 15) is 5.11 Å². The number of aliphatic hydroxyl groups excluding tert-OH is 1. The molecule has 0 aliphatic heterocycles. The first-order chi connectivity index (χ1) is 12.3. The van der Waals surface area contributed by atoms with Crippen molar-refractivity contribution in [3.63, 3.8) is 0 Å². The van der Waals surface area contributed by atoms with E-state index in [1.807, 2.05) is 28.9 Å². The predicted molar refractivity (Wildman–Crippen MR) is 101 cm³/mol. The van der Waals surface area contributed by atoms with Gasteiger partial charge in [-0.15, -0.1) is 0 Å². The monoisotopic (exact) mass is 332 g/mol. The molecule has 0 spiro atoms. The van der Waals surface area contributed by atoms with Crippen LogP contribution in [0.15, 0.2) is 66.9 Å². The molecule has 3 heteroatoms. The SMILES string of the molecule is O[C@H]1CCCCC[C@H]1n1cc(-c2ccccc2)c(-c2ccccc2)n1. The van der Waals surface area contributed by atoms with Crippen LogP contribution in [0.25, 0.3) is 22.4 Å². The second-order valence-electron chi connectivity index (χ2n) is 6.88. The van der Waals surface area contributed by atoms with Crippen molar-refractivity contribution in [3.8, 4) is 22.4 Å². The fraction of sp³-hybridized carbons (Fsp3) is 0.318. The lowest BCUT2D eigenvalue weighted by Crippen LogP contribution is -2.23. The van der Waals surface area contributed by atoms with E-state index >= 15 is 0 Å². The zero-order chi connectivity index (χ0) is 17.1. The zero-order valence-electron chi connectivity index (χ0n) is 14.4. The van der Waals surface area contributed by atoms with Gasteiger partial charge in [-0.1, -0.05) is 79.9 Å². The van der Waals surface area contributed by atoms with Crippen molar-refractivity contribution < 1.29 is 5.11 Å². The fourth-order valence-corrected chi connectivity index (χ4v) is 3.78. The van der Waals surface area contributed by atoms with Crippen LogP contribution in [0.2, 0.25) is 0 Å². The van der Waals surface area contributed by atoms with Gasteiger partial charge < -0.3 is 5.11 Å². The third-order valence-corrected chi connectivity index (χ3v) is 5.15. The minimum absolute atomic E-state index is 0.0717. The molecular formula is C22H24N2O. The van der Waals surface area contributed by atoms with Gasteiger partial charge in [0, 0.05) is 17.3 Å². The molecule has 128 valence electrons. The van der Waals surface area contributed by atoms with Crippen molar-refractivity contribution in [2.24, 2.45) is 0 Å². The van der Waals surface area contributed by atoms with Crippen molar-refractivity contribution in [2.45, 2.75) is 44.2 Å². The largest absolute Gasteiger partial charge is 0.391 e. The molecule has 25 heavy (non-hydrogen) atoms. The maximum atomic E-state index is 10.6. The summed E-state index contributed by atoms with van der Waals surface area (Å²) in [7, 11) is 0. The lowest BCUT2D eigenvalue weighted by Gasteiger charge is -2.20. The second kappa shape index (κ2) is 7.24. The third-order valence-electron chi connectivity index (χ3n) is 5.15. The highest BCUT2D eigenvalue weighted by molar-refractivity contribution is 5.80. The van der Waals surface area contributed by atoms with Gasteiger partial charge in [-0.05, 0) is 18.4 Å². The van der Waals surface area contributed by atoms with E-state index in [0.29, 0.717) is 0 Å². The number of benzene rings is 2. The Kier molecular flexibility index (Phi) is 4.66. The van der Waals surface area contributed by atoms with Crippen LogP contribution in [0.4, 0.5) is 0 Å². The van der Waals surface area contributed by atoms with E-state index in [2.05, 4.69) is 42.6 Å². The first-order valence-electron chi connectivity index (χ1n) is 9.21. The molecule has 1 aliphatic carbocycles. The summed E-state index contributed by atoms with van der Waals surface area (Å²) in [5.74, 6) is 0. The number of aromatic nitrogens is 2. The Morgan fingerprint density at radius 1 is 0.800 bits per heavy atom. The molecule has 3 aromatic rings. The van der Waals surface area contributed by atoms with Crippen LogP contribution < -0.4 is 0 Å². The first-order valence-corrected chi connectivity index (χ1v) is 9.21. The van der Waals surface area contributed by atoms with Crippen LogP contribution in [-0.2, 0) is 0 Å². The summed E-state index contributed by atoms with van der Waals surface area (Å²) in [6.45, 7) is 0. The summed E-state index contributed by atoms with van der Waals surface area (Å²) < 4.78 is 2.01. The molecule has 1 saturated carbocycles. The molecule has 1 fully saturated rings. The number of rotatable bonds is 3. The van der Waals surface area contributed by atoms with Crippen LogP contribution in [0.5, 0.6) is 0 Å². The molecule has 0 saturated heterocycles. The van der Waals surface area contributed by atoms with E-state index in [-0.39, 0.29) is 12.1 Å². The van der Waals surface area contributed by atoms with E-state index in [1.165, 1.54) is 6.42 Å². The molecule has 0 radical (unpaired) electrons. The van der Waals surface area contributed by atoms with Gasteiger partial charge in [0.1, 0.15) is 5.69 Å². The highest BCUT2D eigenvalue weighted by atomic mass is 16.3. The summed E-state index contributed by atoms with van der Waals surface area (Å²) in [4.78, 5) is 0. The topological polar surface area (TPSA) is 38.0 Å². The van der Waals surface area contributed by atoms with E-state index in [4.69, 9.17) is 5.10 Å². The van der Waals surface area contributed by atoms with Gasteiger partial charge in [-0.2, -0.15) is 5.10 Å². The molecule has 1 heterocycles. The van der Waals surface area contributed by atoms with Gasteiger partial charge in [0.15, 0.2) is 0 Å². The highest BCUT2D eigenvalue weighted by Gasteiger charge is 2.25. The summed E-state index contributed by atoms with van der Waals surface area (Å²) in [5.41, 5.74) is 4.39. The van der Waals surface area contributed by atoms with Crippen LogP contribution in [0.1, 0.15) is 38.1 Å². The van der Waals surface area contributed by atoms with E-state index in [1.54, 1.807) is 0 Å². The van der Waals surface area contributed by atoms with E-state index < -0.39 is 0 Å². The van der Waals surface area contributed by atoms with Gasteiger partial charge >= 0.3 is 0 Å². The lowest BCUT2D eigenvalue weighted by atomic mass is 10.0. The Bertz CT molecular complexity index is 754. The molecule has 2 aromatic carbocycles. The molecule has 0 bridgehead atoms. The van der Waals surface area contributed by atoms with Crippen LogP contribution in [0.3, 0.4) is 0 Å². The molecule has 3 nitrogen and oxygen atoms in total. The molecule has 0 unspecified atom stereocenters. The van der Waals surface area contributed by atoms with Crippen molar-refractivity contribution in [3.05, 3.63) is 66.9 Å². The van der Waals surface area contributed by atoms with Crippen molar-refractivity contribution in [1.29, 1.82) is 0 Å². The normalized spacial score (nSPS) is 21.0. The Morgan fingerprint density at radius 3 is 2.16 bits per heavy atom. The average Bonchev–Trinajstić information content (AvgIpc) is 2.99. The van der Waals surface area contributed by atoms with Gasteiger partial charge in [-0.3, -0.25) is 4.68 Å². The Morgan fingerprint density at radius 2 is 1.44 bits per heavy atom. The zero-order valence-corrected chi connectivity index (χ0v) is 14.4. The minimum atomic E-state index is -0.311. The molecule has 1 aromatic heterocycles. The maximum absolute atomic E-state index is 10.6. The number of hydrogen-bond acceptors (Lipinski definition) is 2. The number of nitrogens with zero attached hydrogens (tertiary/aromatic N) is 2. The summed E-state index contributed by atoms with van der Waals surface area (Å²) in [5, 5.41) is 15.5. The second-order valence-corrected chi connectivity index (χ2v) is 6.88. The quantitative estimate of drug-likeness (QED) is 0.679. The third kappa shape index (κ3) is 3.38. The lowest BCUT2D eigenvalue weighted by molar-refractivity contribution is 0.0992. The first kappa shape index (κ1) is 16.1. The van der Waals surface area contributed by atoms with Gasteiger partial charge in [-0.25, -0.2) is 0 Å². The van der Waals surface area contributed by atoms with Crippen LogP contribution in [0, 0.1) is 0 Å². The molecule has 0 amide bonds. The maximum Gasteiger partial charge on any atom is 0.100 e. The summed E-state index contributed by atoms with van der Waals surface area (Å²) >= 11 is 0. The molecule has 1 N–H and O–H groups in total. The van der Waals surface area contributed by atoms with Crippen molar-refractivity contribution in [2.75, 3.05) is 0 Å². The summed E-state index contributed by atoms with van der Waals surface area (Å²) in [6.07, 6.45) is 7.13. The Labute approximate surface area is 148 Å². The molecule has 4 rings (SSSR count). The fourth-order valence-electron chi connectivity index (χ4n) is 3.78. The number of hydrogen-bond donors (Lipinski definition) is 1. The smallest absolute Gasteiger partial charge is 0.100 e. The summed E-state index contributed by atoms with van der Waals surface area (Å²) in [6, 6.07) is 20.8. The van der Waals surface area contributed by atoms with Gasteiger partial charge in [0.2, 0.25) is 0 Å². The molecule has 1 aliphatic rings. The van der Waals surface area contributed by atoms with Crippen LogP contribution >= 0.6 is 0 Å².